The van der Waals surface area contributed by atoms with Crippen molar-refractivity contribution in [1.82, 2.24) is 5.43 Å². The molecule has 2 aromatic rings. The molecule has 0 aliphatic carbocycles. The highest BCUT2D eigenvalue weighted by Gasteiger charge is 2.01. The van der Waals surface area contributed by atoms with E-state index < -0.39 is 0 Å². The van der Waals surface area contributed by atoms with Gasteiger partial charge in [0.05, 0.1) is 26.5 Å². The van der Waals surface area contributed by atoms with Crippen LogP contribution >= 0.6 is 0 Å². The maximum absolute atomic E-state index is 10.8. The zero-order chi connectivity index (χ0) is 17.9. The third-order valence-corrected chi connectivity index (χ3v) is 3.22. The summed E-state index contributed by atoms with van der Waals surface area (Å²) in [6, 6.07) is 15.0. The van der Waals surface area contributed by atoms with Gasteiger partial charge in [-0.2, -0.15) is 5.10 Å². The van der Waals surface area contributed by atoms with Crippen LogP contribution < -0.4 is 19.6 Å². The molecule has 0 unspecified atom stereocenters. The summed E-state index contributed by atoms with van der Waals surface area (Å²) in [7, 11) is 1.63. The van der Waals surface area contributed by atoms with Crippen molar-refractivity contribution in [3.05, 3.63) is 54.1 Å². The molecule has 25 heavy (non-hydrogen) atoms. The number of para-hydroxylation sites is 1. The Morgan fingerprint density at radius 1 is 1.04 bits per heavy atom. The maximum Gasteiger partial charge on any atom is 0.236 e. The fourth-order valence-corrected chi connectivity index (χ4v) is 2.01. The lowest BCUT2D eigenvalue weighted by Gasteiger charge is -2.10. The Bertz CT molecular complexity index is 699. The van der Waals surface area contributed by atoms with Crippen molar-refractivity contribution < 1.29 is 19.0 Å². The number of nitrogens with zero attached hydrogens (tertiary/aromatic N) is 1. The van der Waals surface area contributed by atoms with Gasteiger partial charge in [0, 0.05) is 18.9 Å². The number of hydrogen-bond acceptors (Lipinski definition) is 5. The molecule has 0 saturated heterocycles. The Kier molecular flexibility index (Phi) is 7.31. The maximum atomic E-state index is 10.8. The van der Waals surface area contributed by atoms with Gasteiger partial charge in [-0.25, -0.2) is 5.43 Å². The number of hydrazone groups is 1. The average Bonchev–Trinajstić information content (AvgIpc) is 2.63. The third-order valence-electron chi connectivity index (χ3n) is 3.22. The Hall–Kier alpha value is -3.02. The second-order valence-corrected chi connectivity index (χ2v) is 5.19. The van der Waals surface area contributed by atoms with Crippen molar-refractivity contribution in [1.29, 1.82) is 0 Å². The summed E-state index contributed by atoms with van der Waals surface area (Å²) in [6.07, 6.45) is 2.30. The Labute approximate surface area is 147 Å². The summed E-state index contributed by atoms with van der Waals surface area (Å²) in [5.41, 5.74) is 3.17. The first kappa shape index (κ1) is 18.3. The number of benzene rings is 2. The van der Waals surface area contributed by atoms with Crippen molar-refractivity contribution >= 4 is 12.1 Å². The summed E-state index contributed by atoms with van der Waals surface area (Å²) >= 11 is 0. The zero-order valence-corrected chi connectivity index (χ0v) is 14.4. The van der Waals surface area contributed by atoms with Gasteiger partial charge in [-0.15, -0.1) is 0 Å². The second-order valence-electron chi connectivity index (χ2n) is 5.19. The van der Waals surface area contributed by atoms with Crippen molar-refractivity contribution in [2.45, 2.75) is 13.3 Å². The molecule has 1 amide bonds. The van der Waals surface area contributed by atoms with E-state index in [4.69, 9.17) is 14.2 Å². The molecule has 1 N–H and O–H groups in total. The van der Waals surface area contributed by atoms with Gasteiger partial charge in [-0.3, -0.25) is 4.79 Å². The molecular weight excluding hydrogens is 320 g/mol. The van der Waals surface area contributed by atoms with Crippen LogP contribution in [0.1, 0.15) is 18.9 Å². The number of carbonyl (C=O) groups is 1. The molecule has 0 aliphatic rings. The standard InChI is InChI=1S/C19H22N2O4/c1-15(22)21-20-14-16-6-3-4-7-19(16)25-13-5-12-24-18-10-8-17(23-2)9-11-18/h3-4,6-11,14H,5,12-13H2,1-2H3,(H,21,22)/b20-14-. The molecule has 0 aromatic heterocycles. The Morgan fingerprint density at radius 3 is 2.44 bits per heavy atom. The van der Waals surface area contributed by atoms with E-state index in [2.05, 4.69) is 10.5 Å². The van der Waals surface area contributed by atoms with Gasteiger partial charge in [0.1, 0.15) is 17.2 Å². The first-order chi connectivity index (χ1) is 12.2. The van der Waals surface area contributed by atoms with Gasteiger partial charge in [-0.05, 0) is 36.4 Å². The molecular formula is C19H22N2O4. The monoisotopic (exact) mass is 342 g/mol. The lowest BCUT2D eigenvalue weighted by atomic mass is 10.2. The molecule has 0 radical (unpaired) electrons. The number of nitrogens with one attached hydrogen (secondary N) is 1. The molecule has 0 atom stereocenters. The van der Waals surface area contributed by atoms with E-state index in [1.807, 2.05) is 48.5 Å². The first-order valence-electron chi connectivity index (χ1n) is 7.97. The van der Waals surface area contributed by atoms with Gasteiger partial charge in [0.25, 0.3) is 0 Å². The van der Waals surface area contributed by atoms with Crippen molar-refractivity contribution in [3.8, 4) is 17.2 Å². The molecule has 0 spiro atoms. The lowest BCUT2D eigenvalue weighted by molar-refractivity contribution is -0.118. The van der Waals surface area contributed by atoms with Gasteiger partial charge < -0.3 is 14.2 Å². The van der Waals surface area contributed by atoms with Crippen LogP contribution in [0.2, 0.25) is 0 Å². The highest BCUT2D eigenvalue weighted by molar-refractivity contribution is 5.84. The van der Waals surface area contributed by atoms with E-state index in [-0.39, 0.29) is 5.91 Å². The largest absolute Gasteiger partial charge is 0.497 e. The van der Waals surface area contributed by atoms with Crippen LogP contribution in [0.3, 0.4) is 0 Å². The SMILES string of the molecule is COc1ccc(OCCCOc2ccccc2/C=N\NC(C)=O)cc1. The van der Waals surface area contributed by atoms with Crippen molar-refractivity contribution in [2.75, 3.05) is 20.3 Å². The van der Waals surface area contributed by atoms with Crippen LogP contribution in [0.4, 0.5) is 0 Å². The van der Waals surface area contributed by atoms with Crippen molar-refractivity contribution in [2.24, 2.45) is 5.10 Å². The van der Waals surface area contributed by atoms with E-state index >= 15 is 0 Å². The summed E-state index contributed by atoms with van der Waals surface area (Å²) in [5.74, 6) is 2.09. The molecule has 0 saturated carbocycles. The Balaban J connectivity index is 1.75. The number of rotatable bonds is 9. The highest BCUT2D eigenvalue weighted by Crippen LogP contribution is 2.18. The van der Waals surface area contributed by atoms with Gasteiger partial charge in [0.15, 0.2) is 0 Å². The van der Waals surface area contributed by atoms with Gasteiger partial charge >= 0.3 is 0 Å². The van der Waals surface area contributed by atoms with E-state index in [0.29, 0.717) is 19.0 Å². The molecule has 0 heterocycles. The summed E-state index contributed by atoms with van der Waals surface area (Å²) in [4.78, 5) is 10.8. The molecule has 6 heteroatoms. The normalized spacial score (nSPS) is 10.5. The molecule has 0 fully saturated rings. The number of carbonyl (C=O) groups excluding carboxylic acids is 1. The number of methoxy groups -OCH3 is 1. The third kappa shape index (κ3) is 6.55. The minimum Gasteiger partial charge on any atom is -0.497 e. The molecule has 6 nitrogen and oxygen atoms in total. The van der Waals surface area contributed by atoms with E-state index in [9.17, 15) is 4.79 Å². The minimum absolute atomic E-state index is 0.217. The van der Waals surface area contributed by atoms with Gasteiger partial charge in [-0.1, -0.05) is 12.1 Å². The van der Waals surface area contributed by atoms with Crippen LogP contribution in [0.25, 0.3) is 0 Å². The van der Waals surface area contributed by atoms with E-state index in [0.717, 1.165) is 23.5 Å². The van der Waals surface area contributed by atoms with Crippen LogP contribution in [0.5, 0.6) is 17.2 Å². The predicted molar refractivity (Wildman–Crippen MR) is 96.5 cm³/mol. The Morgan fingerprint density at radius 2 is 1.72 bits per heavy atom. The molecule has 132 valence electrons. The summed E-state index contributed by atoms with van der Waals surface area (Å²) in [5, 5.41) is 3.86. The van der Waals surface area contributed by atoms with Crippen LogP contribution in [-0.4, -0.2) is 32.4 Å². The number of ether oxygens (including phenoxy) is 3. The smallest absolute Gasteiger partial charge is 0.236 e. The highest BCUT2D eigenvalue weighted by atomic mass is 16.5. The fourth-order valence-electron chi connectivity index (χ4n) is 2.01. The summed E-state index contributed by atoms with van der Waals surface area (Å²) in [6.45, 7) is 2.47. The van der Waals surface area contributed by atoms with Crippen LogP contribution in [0.15, 0.2) is 53.6 Å². The van der Waals surface area contributed by atoms with Gasteiger partial charge in [0.2, 0.25) is 5.91 Å². The molecule has 2 aromatic carbocycles. The quantitative estimate of drug-likeness (QED) is 0.432. The predicted octanol–water partition coefficient (Wildman–Crippen LogP) is 3.01. The van der Waals surface area contributed by atoms with Crippen LogP contribution in [-0.2, 0) is 4.79 Å². The fraction of sp³-hybridized carbons (Fsp3) is 0.263. The molecule has 2 rings (SSSR count). The van der Waals surface area contributed by atoms with Crippen molar-refractivity contribution in [3.63, 3.8) is 0 Å². The van der Waals surface area contributed by atoms with E-state index in [1.54, 1.807) is 13.3 Å². The second kappa shape index (κ2) is 9.97. The molecule has 0 aliphatic heterocycles. The lowest BCUT2D eigenvalue weighted by Crippen LogP contribution is -2.12. The minimum atomic E-state index is -0.217. The van der Waals surface area contributed by atoms with E-state index in [1.165, 1.54) is 6.92 Å². The zero-order valence-electron chi connectivity index (χ0n) is 14.4. The number of amides is 1. The van der Waals surface area contributed by atoms with Crippen LogP contribution in [0, 0.1) is 0 Å². The number of hydrogen-bond donors (Lipinski definition) is 1. The average molecular weight is 342 g/mol. The molecule has 0 bridgehead atoms. The summed E-state index contributed by atoms with van der Waals surface area (Å²) < 4.78 is 16.5. The first-order valence-corrected chi connectivity index (χ1v) is 7.97. The topological polar surface area (TPSA) is 69.2 Å².